The number of esters is 1. The molecule has 0 amide bonds. The van der Waals surface area contributed by atoms with Crippen molar-refractivity contribution in [3.63, 3.8) is 0 Å². The first-order valence-electron chi connectivity index (χ1n) is 12.3. The zero-order valence-corrected chi connectivity index (χ0v) is 22.2. The van der Waals surface area contributed by atoms with Crippen molar-refractivity contribution in [3.05, 3.63) is 42.5 Å². The van der Waals surface area contributed by atoms with Crippen molar-refractivity contribution >= 4 is 21.9 Å². The van der Waals surface area contributed by atoms with E-state index < -0.39 is 40.3 Å². The molecule has 0 aliphatic heterocycles. The van der Waals surface area contributed by atoms with E-state index in [1.165, 1.54) is 12.1 Å². The van der Waals surface area contributed by atoms with Gasteiger partial charge >= 0.3 is 5.97 Å². The molecule has 194 valence electrons. The fourth-order valence-corrected chi connectivity index (χ4v) is 6.76. The molecule has 0 saturated heterocycles. The number of hydrogen-bond acceptors (Lipinski definition) is 7. The monoisotopic (exact) mass is 506 g/mol. The van der Waals surface area contributed by atoms with Gasteiger partial charge in [-0.15, -0.1) is 6.58 Å². The Labute approximate surface area is 209 Å². The molecule has 0 bridgehead atoms. The predicted octanol–water partition coefficient (Wildman–Crippen LogP) is 4.36. The largest absolute Gasteiger partial charge is 0.461 e. The molecule has 2 aliphatic carbocycles. The molecule has 0 heterocycles. The quantitative estimate of drug-likeness (QED) is 0.255. The lowest BCUT2D eigenvalue weighted by Gasteiger charge is -2.40. The average Bonchev–Trinajstić information content (AvgIpc) is 3.38. The molecule has 35 heavy (non-hydrogen) atoms. The molecule has 6 atom stereocenters. The molecule has 0 aromatic heterocycles. The Hall–Kier alpha value is -2.03. The smallest absolute Gasteiger partial charge is 0.333 e. The van der Waals surface area contributed by atoms with Crippen LogP contribution in [-0.2, 0) is 28.6 Å². The van der Waals surface area contributed by atoms with Gasteiger partial charge in [-0.1, -0.05) is 51.5 Å². The van der Waals surface area contributed by atoms with E-state index in [0.717, 1.165) is 18.4 Å². The van der Waals surface area contributed by atoms with Gasteiger partial charge in [-0.2, -0.15) is 8.42 Å². The van der Waals surface area contributed by atoms with Gasteiger partial charge in [0.15, 0.2) is 6.61 Å². The molecule has 2 aliphatic rings. The maximum absolute atomic E-state index is 12.4. The second-order valence-electron chi connectivity index (χ2n) is 10.8. The average molecular weight is 507 g/mol. The van der Waals surface area contributed by atoms with Crippen molar-refractivity contribution in [1.29, 1.82) is 0 Å². The zero-order chi connectivity index (χ0) is 26.2. The molecule has 0 radical (unpaired) electrons. The predicted molar refractivity (Wildman–Crippen MR) is 132 cm³/mol. The lowest BCUT2D eigenvalue weighted by molar-refractivity contribution is -0.154. The normalized spacial score (nSPS) is 27.9. The number of ether oxygens (including phenoxy) is 1. The number of aliphatic hydroxyl groups is 1. The van der Waals surface area contributed by atoms with Gasteiger partial charge in [-0.25, -0.2) is 4.79 Å². The van der Waals surface area contributed by atoms with Crippen LogP contribution in [0.1, 0.15) is 65.4 Å². The van der Waals surface area contributed by atoms with Crippen LogP contribution in [0.5, 0.6) is 0 Å². The second kappa shape index (κ2) is 9.79. The number of aryl methyl sites for hydroxylation is 1. The molecular formula is C27H38O7S. The van der Waals surface area contributed by atoms with Crippen LogP contribution >= 0.6 is 0 Å². The molecule has 1 unspecified atom stereocenters. The number of benzene rings is 1. The summed E-state index contributed by atoms with van der Waals surface area (Å²) in [4.78, 5) is 24.8. The first kappa shape index (κ1) is 27.6. The van der Waals surface area contributed by atoms with Crippen LogP contribution in [0.3, 0.4) is 0 Å². The zero-order valence-electron chi connectivity index (χ0n) is 21.4. The van der Waals surface area contributed by atoms with Crippen molar-refractivity contribution in [1.82, 2.24) is 0 Å². The minimum atomic E-state index is -4.09. The first-order valence-corrected chi connectivity index (χ1v) is 13.7. The molecule has 1 aromatic carbocycles. The number of carbonyl (C=O) groups is 2. The molecule has 3 rings (SSSR count). The number of ketones is 1. The highest BCUT2D eigenvalue weighted by molar-refractivity contribution is 7.86. The Morgan fingerprint density at radius 1 is 1.31 bits per heavy atom. The number of rotatable bonds is 12. The van der Waals surface area contributed by atoms with E-state index >= 15 is 0 Å². The number of carbonyl (C=O) groups excluding carboxylic acids is 2. The number of aliphatic hydroxyl groups excluding tert-OH is 1. The minimum Gasteiger partial charge on any atom is -0.461 e. The molecule has 1 aromatic rings. The van der Waals surface area contributed by atoms with Crippen LogP contribution in [-0.4, -0.2) is 44.1 Å². The first-order chi connectivity index (χ1) is 16.2. The lowest BCUT2D eigenvalue weighted by Crippen LogP contribution is -2.43. The van der Waals surface area contributed by atoms with Gasteiger partial charge < -0.3 is 9.84 Å². The Balaban J connectivity index is 1.61. The van der Waals surface area contributed by atoms with Gasteiger partial charge in [0.2, 0.25) is 0 Å². The Morgan fingerprint density at radius 2 is 1.94 bits per heavy atom. The highest BCUT2D eigenvalue weighted by Gasteiger charge is 2.74. The van der Waals surface area contributed by atoms with Gasteiger partial charge in [0.05, 0.1) is 11.0 Å². The third kappa shape index (κ3) is 5.11. The van der Waals surface area contributed by atoms with Gasteiger partial charge in [0.1, 0.15) is 11.9 Å². The van der Waals surface area contributed by atoms with Crippen molar-refractivity contribution < 1.29 is 32.0 Å². The van der Waals surface area contributed by atoms with E-state index in [1.807, 2.05) is 34.6 Å². The second-order valence-corrected chi connectivity index (χ2v) is 12.4. The van der Waals surface area contributed by atoms with Crippen LogP contribution in [0, 0.1) is 29.1 Å². The van der Waals surface area contributed by atoms with Gasteiger partial charge in [0, 0.05) is 17.3 Å². The summed E-state index contributed by atoms with van der Waals surface area (Å²) in [6.07, 6.45) is 3.27. The molecule has 2 fully saturated rings. The summed E-state index contributed by atoms with van der Waals surface area (Å²) >= 11 is 0. The minimum absolute atomic E-state index is 0.0314. The van der Waals surface area contributed by atoms with Crippen LogP contribution in [0.4, 0.5) is 0 Å². The van der Waals surface area contributed by atoms with E-state index in [2.05, 4.69) is 6.58 Å². The Bertz CT molecular complexity index is 1080. The van der Waals surface area contributed by atoms with Crippen LogP contribution < -0.4 is 0 Å². The summed E-state index contributed by atoms with van der Waals surface area (Å²) in [5, 5.41) is 11.4. The summed E-state index contributed by atoms with van der Waals surface area (Å²) in [6, 6.07) is 6.14. The Kier molecular flexibility index (Phi) is 7.71. The molecule has 1 N–H and O–H groups in total. The van der Waals surface area contributed by atoms with E-state index in [-0.39, 0.29) is 27.4 Å². The molecular weight excluding hydrogens is 468 g/mol. The summed E-state index contributed by atoms with van der Waals surface area (Å²) < 4.78 is 35.1. The fraction of sp³-hybridized carbons (Fsp3) is 0.630. The molecule has 0 spiro atoms. The summed E-state index contributed by atoms with van der Waals surface area (Å²) in [7, 11) is -4.09. The van der Waals surface area contributed by atoms with Crippen LogP contribution in [0.2, 0.25) is 0 Å². The fourth-order valence-electron chi connectivity index (χ4n) is 5.91. The molecule has 2 saturated carbocycles. The van der Waals surface area contributed by atoms with E-state index in [9.17, 15) is 23.1 Å². The van der Waals surface area contributed by atoms with E-state index in [4.69, 9.17) is 8.92 Å². The van der Waals surface area contributed by atoms with E-state index in [1.54, 1.807) is 18.2 Å². The highest BCUT2D eigenvalue weighted by atomic mass is 32.2. The van der Waals surface area contributed by atoms with E-state index in [0.29, 0.717) is 19.3 Å². The van der Waals surface area contributed by atoms with Crippen molar-refractivity contribution in [2.75, 3.05) is 6.61 Å². The molecule has 8 heteroatoms. The third-order valence-electron chi connectivity index (χ3n) is 8.61. The molecule has 7 nitrogen and oxygen atoms in total. The van der Waals surface area contributed by atoms with Gasteiger partial charge in [-0.3, -0.25) is 8.98 Å². The summed E-state index contributed by atoms with van der Waals surface area (Å²) in [5.41, 5.74) is -0.406. The maximum Gasteiger partial charge on any atom is 0.333 e. The van der Waals surface area contributed by atoms with Gasteiger partial charge in [-0.05, 0) is 56.1 Å². The topological polar surface area (TPSA) is 107 Å². The van der Waals surface area contributed by atoms with Crippen molar-refractivity contribution in [2.45, 2.75) is 83.8 Å². The van der Waals surface area contributed by atoms with Crippen molar-refractivity contribution in [2.24, 2.45) is 22.2 Å². The Morgan fingerprint density at radius 3 is 2.43 bits per heavy atom. The van der Waals surface area contributed by atoms with Gasteiger partial charge in [0.25, 0.3) is 10.1 Å². The number of Topliss-reactive ketones (excluding diaryl/α,β-unsaturated/α-hetero) is 1. The number of fused-ring (bicyclic) bond motifs is 1. The number of hydrogen-bond donors (Lipinski definition) is 1. The SMILES string of the molecule is C=C[C@](C)(C[C@H](CC)OC(=O)COS(=O)(=O)c1ccc(C)cc1)[C@@H](O)[C@H](C)[C@@]12CCC(=O)C1(C)C2. The van der Waals surface area contributed by atoms with Crippen LogP contribution in [0.15, 0.2) is 41.8 Å². The lowest BCUT2D eigenvalue weighted by atomic mass is 9.68. The standard InChI is InChI=1S/C27H38O7S/c1-7-20(34-23(29)16-33-35(31,32)21-11-9-18(3)10-12-21)15-25(5,8-2)24(30)19(4)27-14-13-22(28)26(27,6)17-27/h8-12,19-20,24,30H,2,7,13-17H2,1,3-6H3/t19-,20-,24-,25+,26?,27-/m0/s1. The summed E-state index contributed by atoms with van der Waals surface area (Å²) in [6.45, 7) is 12.8. The highest BCUT2D eigenvalue weighted by Crippen LogP contribution is 2.75. The maximum atomic E-state index is 12.4. The van der Waals surface area contributed by atoms with Crippen molar-refractivity contribution in [3.8, 4) is 0 Å². The van der Waals surface area contributed by atoms with Crippen LogP contribution in [0.25, 0.3) is 0 Å². The third-order valence-corrected chi connectivity index (χ3v) is 9.88. The summed E-state index contributed by atoms with van der Waals surface area (Å²) in [5.74, 6) is -0.646.